The summed E-state index contributed by atoms with van der Waals surface area (Å²) < 4.78 is 0.946. The number of benzene rings is 2. The summed E-state index contributed by atoms with van der Waals surface area (Å²) in [6.07, 6.45) is 1.52. The van der Waals surface area contributed by atoms with E-state index in [-0.39, 0.29) is 5.69 Å². The Hall–Kier alpha value is -2.91. The van der Waals surface area contributed by atoms with Gasteiger partial charge >= 0.3 is 5.56 Å². The van der Waals surface area contributed by atoms with Gasteiger partial charge in [0, 0.05) is 41.4 Å². The molecule has 0 aliphatic carbocycles. The molecule has 1 aromatic heterocycles. The van der Waals surface area contributed by atoms with Crippen molar-refractivity contribution >= 4 is 45.3 Å². The summed E-state index contributed by atoms with van der Waals surface area (Å²) in [7, 11) is 0. The monoisotopic (exact) mass is 488 g/mol. The summed E-state index contributed by atoms with van der Waals surface area (Å²) in [6.45, 7) is 2.26. The van der Waals surface area contributed by atoms with E-state index in [1.807, 2.05) is 48.5 Å². The van der Waals surface area contributed by atoms with Crippen LogP contribution in [0.25, 0.3) is 0 Å². The minimum absolute atomic E-state index is 0.167. The molecule has 1 aliphatic heterocycles. The van der Waals surface area contributed by atoms with Crippen molar-refractivity contribution in [3.8, 4) is 0 Å². The molecule has 8 nitrogen and oxygen atoms in total. The number of nitrogens with zero attached hydrogens (tertiary/aromatic N) is 5. The van der Waals surface area contributed by atoms with Gasteiger partial charge in [0.2, 0.25) is 5.69 Å². The standard InChI is InChI=1S/C20H18BrClN6O2/c21-15-6-4-14(5-7-15)13-23-28-20(30)18(24-25-28)19(29)27-10-8-26(9-11-27)17-3-1-2-16(22)12-17/h1-7,12-13,25H,8-11H2. The molecule has 0 saturated carbocycles. The minimum atomic E-state index is -0.578. The molecule has 0 atom stereocenters. The van der Waals surface area contributed by atoms with Gasteiger partial charge in [-0.1, -0.05) is 45.7 Å². The molecule has 0 spiro atoms. The highest BCUT2D eigenvalue weighted by Crippen LogP contribution is 2.21. The Kier molecular flexibility index (Phi) is 6.01. The van der Waals surface area contributed by atoms with Crippen LogP contribution >= 0.6 is 27.5 Å². The molecule has 1 saturated heterocycles. The van der Waals surface area contributed by atoms with Gasteiger partial charge < -0.3 is 9.80 Å². The van der Waals surface area contributed by atoms with Crippen LogP contribution in [-0.2, 0) is 0 Å². The summed E-state index contributed by atoms with van der Waals surface area (Å²) in [5, 5.41) is 11.1. The topological polar surface area (TPSA) is 86.6 Å². The zero-order valence-electron chi connectivity index (χ0n) is 15.8. The van der Waals surface area contributed by atoms with Crippen molar-refractivity contribution in [2.45, 2.75) is 0 Å². The molecule has 1 aliphatic rings. The van der Waals surface area contributed by atoms with E-state index in [0.717, 1.165) is 20.5 Å². The van der Waals surface area contributed by atoms with E-state index in [4.69, 9.17) is 11.6 Å². The van der Waals surface area contributed by atoms with Gasteiger partial charge in [0.15, 0.2) is 0 Å². The number of hydrogen-bond acceptors (Lipinski definition) is 5. The second-order valence-electron chi connectivity index (χ2n) is 6.73. The summed E-state index contributed by atoms with van der Waals surface area (Å²) >= 11 is 9.42. The van der Waals surface area contributed by atoms with E-state index in [1.165, 1.54) is 6.21 Å². The van der Waals surface area contributed by atoms with Gasteiger partial charge in [0.25, 0.3) is 5.91 Å². The second kappa shape index (κ2) is 8.85. The number of carbonyl (C=O) groups excluding carboxylic acids is 1. The van der Waals surface area contributed by atoms with Crippen LogP contribution in [0.2, 0.25) is 5.02 Å². The van der Waals surface area contributed by atoms with E-state index >= 15 is 0 Å². The first kappa shape index (κ1) is 20.4. The maximum Gasteiger partial charge on any atom is 0.320 e. The fourth-order valence-electron chi connectivity index (χ4n) is 3.17. The van der Waals surface area contributed by atoms with Crippen molar-refractivity contribution in [3.05, 3.63) is 79.6 Å². The zero-order chi connectivity index (χ0) is 21.1. The van der Waals surface area contributed by atoms with Crippen LogP contribution in [-0.4, -0.2) is 58.3 Å². The third kappa shape index (κ3) is 4.47. The molecule has 1 fully saturated rings. The lowest BCUT2D eigenvalue weighted by atomic mass is 10.2. The van der Waals surface area contributed by atoms with Gasteiger partial charge in [0.05, 0.1) is 6.21 Å². The lowest BCUT2D eigenvalue weighted by Gasteiger charge is -2.35. The molecule has 10 heteroatoms. The SMILES string of the molecule is O=C(c1n[nH]n(N=Cc2ccc(Br)cc2)c1=O)N1CCN(c2cccc(Cl)c2)CC1. The van der Waals surface area contributed by atoms with E-state index in [9.17, 15) is 9.59 Å². The first-order valence-electron chi connectivity index (χ1n) is 9.28. The summed E-state index contributed by atoms with van der Waals surface area (Å²) in [5.41, 5.74) is 1.08. The van der Waals surface area contributed by atoms with Crippen molar-refractivity contribution in [3.63, 3.8) is 0 Å². The van der Waals surface area contributed by atoms with Crippen molar-refractivity contribution in [2.75, 3.05) is 31.1 Å². The number of rotatable bonds is 4. The largest absolute Gasteiger partial charge is 0.368 e. The summed E-state index contributed by atoms with van der Waals surface area (Å²) in [4.78, 5) is 30.0. The molecule has 4 rings (SSSR count). The van der Waals surface area contributed by atoms with Crippen molar-refractivity contribution in [1.29, 1.82) is 0 Å². The highest BCUT2D eigenvalue weighted by atomic mass is 79.9. The number of hydrogen-bond donors (Lipinski definition) is 1. The fraction of sp³-hybridized carbons (Fsp3) is 0.200. The van der Waals surface area contributed by atoms with Crippen LogP contribution in [0.5, 0.6) is 0 Å². The van der Waals surface area contributed by atoms with Gasteiger partial charge in [-0.3, -0.25) is 9.59 Å². The number of piperazine rings is 1. The molecule has 154 valence electrons. The molecule has 0 bridgehead atoms. The number of amides is 1. The number of aromatic nitrogens is 3. The molecule has 0 unspecified atom stereocenters. The average Bonchev–Trinajstić information content (AvgIpc) is 3.13. The number of carbonyl (C=O) groups is 1. The van der Waals surface area contributed by atoms with Crippen molar-refractivity contribution in [2.24, 2.45) is 5.10 Å². The van der Waals surface area contributed by atoms with Gasteiger partial charge in [-0.25, -0.2) is 0 Å². The summed E-state index contributed by atoms with van der Waals surface area (Å²) in [5.74, 6) is -0.403. The molecule has 3 aromatic rings. The molecule has 2 aromatic carbocycles. The van der Waals surface area contributed by atoms with Crippen LogP contribution in [0.1, 0.15) is 16.1 Å². The van der Waals surface area contributed by atoms with E-state index in [0.29, 0.717) is 31.2 Å². The van der Waals surface area contributed by atoms with Gasteiger partial charge in [-0.05, 0) is 35.9 Å². The van der Waals surface area contributed by atoms with Crippen LogP contribution in [0.15, 0.2) is 62.9 Å². The maximum absolute atomic E-state index is 12.8. The number of anilines is 1. The predicted molar refractivity (Wildman–Crippen MR) is 120 cm³/mol. The molecular formula is C20H18BrClN6O2. The Bertz CT molecular complexity index is 1130. The van der Waals surface area contributed by atoms with Gasteiger partial charge in [-0.2, -0.15) is 10.3 Å². The van der Waals surface area contributed by atoms with Gasteiger partial charge in [-0.15, -0.1) is 9.89 Å². The number of H-pyrrole nitrogens is 1. The van der Waals surface area contributed by atoms with Crippen LogP contribution in [0.4, 0.5) is 5.69 Å². The smallest absolute Gasteiger partial charge is 0.320 e. The average molecular weight is 490 g/mol. The molecule has 0 radical (unpaired) electrons. The van der Waals surface area contributed by atoms with Crippen LogP contribution in [0.3, 0.4) is 0 Å². The van der Waals surface area contributed by atoms with E-state index in [1.54, 1.807) is 4.90 Å². The zero-order valence-corrected chi connectivity index (χ0v) is 18.2. The highest BCUT2D eigenvalue weighted by molar-refractivity contribution is 9.10. The normalized spacial score (nSPS) is 14.5. The Morgan fingerprint density at radius 1 is 1.13 bits per heavy atom. The molecule has 2 heterocycles. The van der Waals surface area contributed by atoms with E-state index < -0.39 is 11.5 Å². The summed E-state index contributed by atoms with van der Waals surface area (Å²) in [6, 6.07) is 15.0. The molecule has 1 amide bonds. The minimum Gasteiger partial charge on any atom is -0.368 e. The maximum atomic E-state index is 12.8. The molecular weight excluding hydrogens is 472 g/mol. The number of aromatic amines is 1. The van der Waals surface area contributed by atoms with E-state index in [2.05, 4.69) is 36.2 Å². The Morgan fingerprint density at radius 3 is 2.57 bits per heavy atom. The Balaban J connectivity index is 1.42. The lowest BCUT2D eigenvalue weighted by molar-refractivity contribution is 0.0739. The second-order valence-corrected chi connectivity index (χ2v) is 8.08. The first-order chi connectivity index (χ1) is 14.5. The first-order valence-corrected chi connectivity index (χ1v) is 10.5. The number of nitrogens with one attached hydrogen (secondary N) is 1. The molecule has 30 heavy (non-hydrogen) atoms. The highest BCUT2D eigenvalue weighted by Gasteiger charge is 2.26. The lowest BCUT2D eigenvalue weighted by Crippen LogP contribution is -2.49. The Morgan fingerprint density at radius 2 is 1.87 bits per heavy atom. The third-order valence-electron chi connectivity index (χ3n) is 4.79. The quantitative estimate of drug-likeness (QED) is 0.571. The van der Waals surface area contributed by atoms with Crippen molar-refractivity contribution < 1.29 is 4.79 Å². The fourth-order valence-corrected chi connectivity index (χ4v) is 3.62. The van der Waals surface area contributed by atoms with Gasteiger partial charge in [0.1, 0.15) is 0 Å². The Labute approximate surface area is 185 Å². The van der Waals surface area contributed by atoms with Crippen LogP contribution < -0.4 is 10.5 Å². The predicted octanol–water partition coefficient (Wildman–Crippen LogP) is 2.83. The van der Waals surface area contributed by atoms with Crippen molar-refractivity contribution in [1.82, 2.24) is 20.0 Å². The van der Waals surface area contributed by atoms with Crippen LogP contribution in [0, 0.1) is 0 Å². The number of halogens is 2. The third-order valence-corrected chi connectivity index (χ3v) is 5.55. The molecule has 1 N–H and O–H groups in total.